The van der Waals surface area contributed by atoms with E-state index in [9.17, 15) is 14.0 Å². The molecule has 2 aromatic heterocycles. The van der Waals surface area contributed by atoms with E-state index in [2.05, 4.69) is 9.88 Å². The van der Waals surface area contributed by atoms with Crippen LogP contribution in [0.1, 0.15) is 31.7 Å². The molecule has 46 heavy (non-hydrogen) atoms. The Balaban J connectivity index is 1.37. The molecular formula is C32H30ClF3N6O3S. The fourth-order valence-electron chi connectivity index (χ4n) is 7.90. The first kappa shape index (κ1) is 29.8. The number of hydrogen-bond donors (Lipinski definition) is 1. The van der Waals surface area contributed by atoms with Gasteiger partial charge in [-0.3, -0.25) is 4.90 Å². The van der Waals surface area contributed by atoms with Crippen molar-refractivity contribution in [2.45, 2.75) is 50.0 Å². The van der Waals surface area contributed by atoms with E-state index in [0.29, 0.717) is 32.0 Å². The van der Waals surface area contributed by atoms with Crippen LogP contribution in [0.3, 0.4) is 0 Å². The largest absolute Gasteiger partial charge is 0.488 e. The molecule has 0 radical (unpaired) electrons. The molecule has 2 aromatic carbocycles. The second-order valence-corrected chi connectivity index (χ2v) is 14.1. The topological polar surface area (TPSA) is 110 Å². The molecule has 0 amide bonds. The zero-order valence-corrected chi connectivity index (χ0v) is 26.7. The van der Waals surface area contributed by atoms with Crippen molar-refractivity contribution >= 4 is 54.7 Å². The number of thiophene rings is 1. The lowest BCUT2D eigenvalue weighted by Crippen LogP contribution is -2.45. The lowest BCUT2D eigenvalue weighted by molar-refractivity contribution is 0.107. The molecule has 3 saturated heterocycles. The smallest absolute Gasteiger partial charge is 0.319 e. The van der Waals surface area contributed by atoms with Gasteiger partial charge in [0.15, 0.2) is 11.6 Å². The van der Waals surface area contributed by atoms with Gasteiger partial charge < -0.3 is 24.8 Å². The summed E-state index contributed by atoms with van der Waals surface area (Å²) in [7, 11) is 1.86. The molecule has 0 spiro atoms. The fraction of sp³-hybridized carbons (Fsp3) is 0.469. The monoisotopic (exact) mass is 670 g/mol. The molecule has 0 bridgehead atoms. The molecule has 14 heteroatoms. The van der Waals surface area contributed by atoms with Crippen LogP contribution in [0.2, 0.25) is 5.02 Å². The maximum absolute atomic E-state index is 17.1. The maximum Gasteiger partial charge on any atom is 0.319 e. The zero-order chi connectivity index (χ0) is 32.1. The second-order valence-electron chi connectivity index (χ2n) is 12.7. The van der Waals surface area contributed by atoms with Gasteiger partial charge in [-0.05, 0) is 37.9 Å². The van der Waals surface area contributed by atoms with E-state index in [0.717, 1.165) is 30.7 Å². The van der Waals surface area contributed by atoms with Crippen molar-refractivity contribution in [2.24, 2.45) is 5.92 Å². The fourth-order valence-corrected chi connectivity index (χ4v) is 9.17. The number of rotatable bonds is 4. The summed E-state index contributed by atoms with van der Waals surface area (Å²) in [6.45, 7) is 4.07. The third kappa shape index (κ3) is 4.26. The number of halogens is 4. The summed E-state index contributed by atoms with van der Waals surface area (Å²) in [4.78, 5) is 13.4. The number of nitriles is 1. The van der Waals surface area contributed by atoms with E-state index < -0.39 is 23.3 Å². The molecule has 3 unspecified atom stereocenters. The number of nitrogen functional groups attached to an aromatic ring is 1. The van der Waals surface area contributed by atoms with Crippen LogP contribution in [0.4, 0.5) is 24.0 Å². The summed E-state index contributed by atoms with van der Waals surface area (Å²) in [6, 6.07) is 4.41. The average molecular weight is 671 g/mol. The van der Waals surface area contributed by atoms with E-state index in [4.69, 9.17) is 36.5 Å². The number of aromatic nitrogens is 2. The number of nitrogens with zero attached hydrogens (tertiary/aromatic N) is 5. The molecule has 6 heterocycles. The summed E-state index contributed by atoms with van der Waals surface area (Å²) >= 11 is 7.98. The molecular weight excluding hydrogens is 641 g/mol. The molecule has 2 N–H and O–H groups in total. The van der Waals surface area contributed by atoms with Gasteiger partial charge in [-0.1, -0.05) is 17.7 Å². The summed E-state index contributed by atoms with van der Waals surface area (Å²) < 4.78 is 65.3. The van der Waals surface area contributed by atoms with Crippen LogP contribution >= 0.6 is 22.9 Å². The minimum absolute atomic E-state index is 0.0307. The van der Waals surface area contributed by atoms with Gasteiger partial charge in [0.1, 0.15) is 47.1 Å². The summed E-state index contributed by atoms with van der Waals surface area (Å²) in [5, 5.41) is 10.4. The number of ether oxygens (including phenoxy) is 3. The Morgan fingerprint density at radius 1 is 1.26 bits per heavy atom. The average Bonchev–Trinajstić information content (AvgIpc) is 3.80. The first-order chi connectivity index (χ1) is 22.1. The minimum Gasteiger partial charge on any atom is -0.488 e. The number of anilines is 2. The van der Waals surface area contributed by atoms with Crippen molar-refractivity contribution in [2.75, 3.05) is 50.6 Å². The minimum atomic E-state index is -0.943. The maximum atomic E-state index is 17.1. The molecule has 0 saturated carbocycles. The Morgan fingerprint density at radius 2 is 2.09 bits per heavy atom. The van der Waals surface area contributed by atoms with Crippen molar-refractivity contribution in [3.8, 4) is 29.0 Å². The van der Waals surface area contributed by atoms with Gasteiger partial charge in [-0.2, -0.15) is 15.2 Å². The predicted molar refractivity (Wildman–Crippen MR) is 170 cm³/mol. The number of fused-ring (bicyclic) bond motifs is 3. The van der Waals surface area contributed by atoms with E-state index in [1.54, 1.807) is 0 Å². The number of likely N-dealkylation sites (N-methyl/N-ethyl adjacent to an activating group) is 1. The van der Waals surface area contributed by atoms with Gasteiger partial charge in [-0.15, -0.1) is 11.3 Å². The zero-order valence-electron chi connectivity index (χ0n) is 25.1. The number of alkyl halides is 1. The highest BCUT2D eigenvalue weighted by Gasteiger charge is 2.49. The molecule has 5 atom stereocenters. The van der Waals surface area contributed by atoms with Crippen molar-refractivity contribution in [1.82, 2.24) is 14.9 Å². The second kappa shape index (κ2) is 10.7. The van der Waals surface area contributed by atoms with Crippen LogP contribution in [0.5, 0.6) is 11.8 Å². The normalized spacial score (nSPS) is 27.4. The van der Waals surface area contributed by atoms with E-state index >= 15 is 4.39 Å². The van der Waals surface area contributed by atoms with Gasteiger partial charge in [0.2, 0.25) is 0 Å². The first-order valence-electron chi connectivity index (χ1n) is 15.2. The van der Waals surface area contributed by atoms with Crippen molar-refractivity contribution in [3.05, 3.63) is 34.4 Å². The number of nitrogens with two attached hydrogens (primary N) is 1. The van der Waals surface area contributed by atoms with Gasteiger partial charge in [0.25, 0.3) is 0 Å². The lowest BCUT2D eigenvalue weighted by Gasteiger charge is -2.36. The van der Waals surface area contributed by atoms with Gasteiger partial charge in [0, 0.05) is 36.9 Å². The molecule has 9 nitrogen and oxygen atoms in total. The van der Waals surface area contributed by atoms with Crippen LogP contribution < -0.4 is 20.1 Å². The Kier molecular flexibility index (Phi) is 6.96. The highest BCUT2D eigenvalue weighted by molar-refractivity contribution is 7.23. The molecule has 0 aliphatic carbocycles. The van der Waals surface area contributed by atoms with Crippen molar-refractivity contribution in [1.29, 1.82) is 5.26 Å². The van der Waals surface area contributed by atoms with E-state index in [-0.39, 0.29) is 84.1 Å². The molecule has 3 fully saturated rings. The number of hydrogen-bond acceptors (Lipinski definition) is 10. The SMILES string of the molecule is CC1Oc2c(Cl)c(-c3ccc(F)c4sc(N)c(C#N)c34)c(F)c3nc(OC[C@@]45CCCN4C[C@H](F)C5)nc(c23)N(C)C2COCC12. The molecule has 240 valence electrons. The van der Waals surface area contributed by atoms with E-state index in [1.165, 1.54) is 12.1 Å². The van der Waals surface area contributed by atoms with Gasteiger partial charge >= 0.3 is 6.01 Å². The Morgan fingerprint density at radius 3 is 2.89 bits per heavy atom. The summed E-state index contributed by atoms with van der Waals surface area (Å²) in [5.74, 6) is -0.955. The molecule has 4 aliphatic rings. The highest BCUT2D eigenvalue weighted by Crippen LogP contribution is 2.52. The van der Waals surface area contributed by atoms with Crippen LogP contribution in [0, 0.1) is 28.9 Å². The van der Waals surface area contributed by atoms with Crippen LogP contribution in [0.15, 0.2) is 12.1 Å². The van der Waals surface area contributed by atoms with E-state index in [1.807, 2.05) is 24.9 Å². The Labute approximate surface area is 271 Å². The highest BCUT2D eigenvalue weighted by atomic mass is 35.5. The third-order valence-corrected chi connectivity index (χ3v) is 11.6. The predicted octanol–water partition coefficient (Wildman–Crippen LogP) is 6.08. The quantitative estimate of drug-likeness (QED) is 0.276. The van der Waals surface area contributed by atoms with Gasteiger partial charge in [0.05, 0.1) is 45.5 Å². The summed E-state index contributed by atoms with van der Waals surface area (Å²) in [6.07, 6.45) is 0.738. The number of benzene rings is 2. The van der Waals surface area contributed by atoms with Crippen LogP contribution in [-0.2, 0) is 4.74 Å². The van der Waals surface area contributed by atoms with Crippen LogP contribution in [-0.4, -0.2) is 78.7 Å². The molecule has 4 aromatic rings. The van der Waals surface area contributed by atoms with Crippen molar-refractivity contribution in [3.63, 3.8) is 0 Å². The lowest BCUT2D eigenvalue weighted by atomic mass is 9.93. The molecule has 8 rings (SSSR count). The third-order valence-electron chi connectivity index (χ3n) is 10.2. The van der Waals surface area contributed by atoms with Crippen LogP contribution in [0.25, 0.3) is 32.1 Å². The Hall–Kier alpha value is -3.57. The van der Waals surface area contributed by atoms with Crippen molar-refractivity contribution < 1.29 is 27.4 Å². The summed E-state index contributed by atoms with van der Waals surface area (Å²) in [5.41, 5.74) is 5.62. The van der Waals surface area contributed by atoms with Gasteiger partial charge in [-0.25, -0.2) is 13.2 Å². The Bertz CT molecular complexity index is 1970. The first-order valence-corrected chi connectivity index (χ1v) is 16.4. The standard InChI is InChI=1S/C32H30ClF3N6O3S/c1-14-18-11-43-12-20(18)41(2)30-23-26(39-31(40-30)44-13-32-6-3-7-42(32)10-15(34)8-32)25(36)22(24(33)27(23)45-14)16-4-5-19(35)28-21(16)17(9-37)29(38)46-28/h4-5,14-15,18,20H,3,6-8,10-13,38H2,1-2H3/t14?,15-,18?,20?,32+/m1/s1. The molecule has 4 aliphatic heterocycles.